The Morgan fingerprint density at radius 3 is 1.21 bits per heavy atom. The molecule has 1 rings (SSSR count). The highest BCUT2D eigenvalue weighted by molar-refractivity contribution is 5.76. The highest BCUT2D eigenvalue weighted by Gasteiger charge is 2.44. The van der Waals surface area contributed by atoms with Gasteiger partial charge in [0.1, 0.15) is 24.4 Å². The minimum atomic E-state index is -1.57. The number of carbonyl (C=O) groups excluding carboxylic acids is 1. The first-order valence-corrected chi connectivity index (χ1v) is 32.0. The average Bonchev–Trinajstić information content (AvgIpc) is 3.41. The number of hydrogen-bond donors (Lipinski definition) is 6. The fourth-order valence-electron chi connectivity index (χ4n) is 10.0. The third kappa shape index (κ3) is 44.4. The monoisotopic (exact) mass is 1060 g/mol. The van der Waals surface area contributed by atoms with Gasteiger partial charge in [-0.05, 0) is 70.6 Å². The molecular weight excluding hydrogens is 935 g/mol. The smallest absolute Gasteiger partial charge is 0.220 e. The van der Waals surface area contributed by atoms with E-state index in [0.29, 0.717) is 6.42 Å². The third-order valence-corrected chi connectivity index (χ3v) is 15.1. The van der Waals surface area contributed by atoms with Crippen LogP contribution in [0.15, 0.2) is 60.8 Å². The molecule has 1 amide bonds. The van der Waals surface area contributed by atoms with Crippen molar-refractivity contribution in [2.24, 2.45) is 0 Å². The van der Waals surface area contributed by atoms with Crippen molar-refractivity contribution in [1.82, 2.24) is 5.32 Å². The maximum Gasteiger partial charge on any atom is 0.220 e. The molecule has 75 heavy (non-hydrogen) atoms. The van der Waals surface area contributed by atoms with Gasteiger partial charge < -0.3 is 40.3 Å². The second-order valence-corrected chi connectivity index (χ2v) is 22.2. The molecule has 0 aromatic heterocycles. The molecule has 1 fully saturated rings. The largest absolute Gasteiger partial charge is 0.394 e. The van der Waals surface area contributed by atoms with Crippen LogP contribution in [0.3, 0.4) is 0 Å². The van der Waals surface area contributed by atoms with E-state index in [0.717, 1.165) is 51.4 Å². The summed E-state index contributed by atoms with van der Waals surface area (Å²) < 4.78 is 11.3. The van der Waals surface area contributed by atoms with Crippen molar-refractivity contribution in [2.75, 3.05) is 13.2 Å². The van der Waals surface area contributed by atoms with Gasteiger partial charge in [-0.25, -0.2) is 0 Å². The van der Waals surface area contributed by atoms with E-state index >= 15 is 0 Å². The van der Waals surface area contributed by atoms with Gasteiger partial charge in [0.05, 0.1) is 25.4 Å². The quantitative estimate of drug-likeness (QED) is 0.0261. The summed E-state index contributed by atoms with van der Waals surface area (Å²) in [6.07, 6.45) is 68.9. The highest BCUT2D eigenvalue weighted by atomic mass is 16.7. The molecule has 0 aromatic rings. The number of unbranched alkanes of at least 4 members (excludes halogenated alkanes) is 37. The molecule has 0 saturated carbocycles. The summed E-state index contributed by atoms with van der Waals surface area (Å²) in [5, 5.41) is 54.5. The third-order valence-electron chi connectivity index (χ3n) is 15.1. The van der Waals surface area contributed by atoms with Gasteiger partial charge in [-0.2, -0.15) is 0 Å². The fourth-order valence-corrected chi connectivity index (χ4v) is 10.0. The van der Waals surface area contributed by atoms with Crippen LogP contribution in [0, 0.1) is 0 Å². The molecule has 1 aliphatic rings. The van der Waals surface area contributed by atoms with E-state index in [9.17, 15) is 30.3 Å². The molecule has 7 atom stereocenters. The van der Waals surface area contributed by atoms with Crippen LogP contribution in [0.4, 0.5) is 0 Å². The summed E-state index contributed by atoms with van der Waals surface area (Å²) in [6, 6.07) is -0.821. The summed E-state index contributed by atoms with van der Waals surface area (Å²) in [5.74, 6) is -0.184. The number of rotatable bonds is 55. The Balaban J connectivity index is 2.08. The topological polar surface area (TPSA) is 149 Å². The van der Waals surface area contributed by atoms with E-state index in [1.165, 1.54) is 225 Å². The van der Waals surface area contributed by atoms with Crippen LogP contribution in [0.25, 0.3) is 0 Å². The standard InChI is InChI=1S/C66H121NO8/c1-3-5-7-9-11-13-15-17-19-20-21-22-23-24-25-26-27-28-29-30-31-32-33-34-35-36-37-38-39-40-42-44-46-48-50-52-54-56-62(70)67-59(58-74-66-65(73)64(72)63(71)61(57-68)75-66)60(69)55-53-51-49-47-45-43-41-18-16-14-12-10-8-6-4-2/h15,17,20-21,23-24,45,47,53,55,59-61,63-66,68-69,71-73H,3-14,16,18-19,22,25-44,46,48-52,54,56-58H2,1-2H3,(H,67,70)/b17-15-,21-20-,24-23-,47-45+,55-53+. The van der Waals surface area contributed by atoms with E-state index in [2.05, 4.69) is 67.8 Å². The molecule has 0 radical (unpaired) electrons. The van der Waals surface area contributed by atoms with E-state index in [1.807, 2.05) is 6.08 Å². The van der Waals surface area contributed by atoms with Crippen molar-refractivity contribution in [1.29, 1.82) is 0 Å². The van der Waals surface area contributed by atoms with Gasteiger partial charge in [0.2, 0.25) is 5.91 Å². The van der Waals surface area contributed by atoms with Crippen LogP contribution in [-0.4, -0.2) is 87.5 Å². The number of hydrogen-bond acceptors (Lipinski definition) is 8. The molecule has 9 heteroatoms. The van der Waals surface area contributed by atoms with Crippen molar-refractivity contribution >= 4 is 5.91 Å². The van der Waals surface area contributed by atoms with Crippen molar-refractivity contribution in [3.05, 3.63) is 60.8 Å². The molecule has 1 saturated heterocycles. The lowest BCUT2D eigenvalue weighted by Crippen LogP contribution is -2.60. The van der Waals surface area contributed by atoms with Crippen LogP contribution in [0.5, 0.6) is 0 Å². The highest BCUT2D eigenvalue weighted by Crippen LogP contribution is 2.23. The number of amides is 1. The minimum Gasteiger partial charge on any atom is -0.394 e. The number of aliphatic hydroxyl groups is 5. The summed E-state index contributed by atoms with van der Waals surface area (Å²) in [4.78, 5) is 13.1. The predicted molar refractivity (Wildman–Crippen MR) is 318 cm³/mol. The van der Waals surface area contributed by atoms with E-state index in [-0.39, 0.29) is 12.5 Å². The molecule has 0 aromatic carbocycles. The van der Waals surface area contributed by atoms with Gasteiger partial charge in [0.25, 0.3) is 0 Å². The molecule has 7 unspecified atom stereocenters. The zero-order valence-electron chi connectivity index (χ0n) is 48.8. The fraction of sp³-hybridized carbons (Fsp3) is 0.833. The van der Waals surface area contributed by atoms with Gasteiger partial charge in [-0.15, -0.1) is 0 Å². The van der Waals surface area contributed by atoms with Crippen molar-refractivity contribution in [2.45, 2.75) is 339 Å². The number of allylic oxidation sites excluding steroid dienone is 9. The summed E-state index contributed by atoms with van der Waals surface area (Å²) in [6.45, 7) is 3.76. The number of ether oxygens (including phenoxy) is 2. The molecular formula is C66H121NO8. The van der Waals surface area contributed by atoms with Crippen LogP contribution < -0.4 is 5.32 Å². The summed E-state index contributed by atoms with van der Waals surface area (Å²) in [5.41, 5.74) is 0. The van der Waals surface area contributed by atoms with Gasteiger partial charge in [-0.1, -0.05) is 280 Å². The first kappa shape index (κ1) is 70.9. The predicted octanol–water partition coefficient (Wildman–Crippen LogP) is 16.6. The second-order valence-electron chi connectivity index (χ2n) is 22.2. The zero-order chi connectivity index (χ0) is 54.3. The van der Waals surface area contributed by atoms with E-state index < -0.39 is 49.5 Å². The lowest BCUT2D eigenvalue weighted by molar-refractivity contribution is -0.302. The van der Waals surface area contributed by atoms with Gasteiger partial charge in [-0.3, -0.25) is 4.79 Å². The van der Waals surface area contributed by atoms with E-state index in [1.54, 1.807) is 6.08 Å². The second kappa shape index (κ2) is 55.2. The molecule has 1 aliphatic heterocycles. The zero-order valence-corrected chi connectivity index (χ0v) is 48.8. The first-order chi connectivity index (χ1) is 36.8. The normalized spacial score (nSPS) is 19.3. The molecule has 1 heterocycles. The Morgan fingerprint density at radius 1 is 0.453 bits per heavy atom. The lowest BCUT2D eigenvalue weighted by Gasteiger charge is -2.40. The Morgan fingerprint density at radius 2 is 0.800 bits per heavy atom. The maximum atomic E-state index is 13.1. The maximum absolute atomic E-state index is 13.1. The molecule has 9 nitrogen and oxygen atoms in total. The minimum absolute atomic E-state index is 0.184. The Bertz CT molecular complexity index is 1360. The molecule has 0 spiro atoms. The first-order valence-electron chi connectivity index (χ1n) is 32.0. The van der Waals surface area contributed by atoms with Crippen molar-refractivity contribution in [3.63, 3.8) is 0 Å². The Labute approximate surface area is 462 Å². The number of aliphatic hydroxyl groups excluding tert-OH is 5. The van der Waals surface area contributed by atoms with Crippen LogP contribution in [0.1, 0.15) is 296 Å². The van der Waals surface area contributed by atoms with Crippen molar-refractivity contribution in [3.8, 4) is 0 Å². The molecule has 438 valence electrons. The molecule has 6 N–H and O–H groups in total. The van der Waals surface area contributed by atoms with Crippen LogP contribution in [0.2, 0.25) is 0 Å². The molecule has 0 bridgehead atoms. The van der Waals surface area contributed by atoms with E-state index in [4.69, 9.17) is 9.47 Å². The van der Waals surface area contributed by atoms with Gasteiger partial charge >= 0.3 is 0 Å². The van der Waals surface area contributed by atoms with Crippen LogP contribution in [-0.2, 0) is 14.3 Å². The summed E-state index contributed by atoms with van der Waals surface area (Å²) >= 11 is 0. The van der Waals surface area contributed by atoms with Gasteiger partial charge in [0, 0.05) is 6.42 Å². The molecule has 0 aliphatic carbocycles. The Kier molecular flexibility index (Phi) is 52.2. The number of nitrogens with one attached hydrogen (secondary N) is 1. The van der Waals surface area contributed by atoms with Gasteiger partial charge in [0.15, 0.2) is 6.29 Å². The van der Waals surface area contributed by atoms with Crippen LogP contribution >= 0.6 is 0 Å². The average molecular weight is 1060 g/mol. The lowest BCUT2D eigenvalue weighted by atomic mass is 9.99. The Hall–Kier alpha value is -2.11. The number of carbonyl (C=O) groups is 1. The summed E-state index contributed by atoms with van der Waals surface area (Å²) in [7, 11) is 0. The van der Waals surface area contributed by atoms with Crippen molar-refractivity contribution < 1.29 is 39.8 Å². The SMILES string of the molecule is CCCCCCC/C=C\C/C=C\C/C=C\CCCCCCCCCCCCCCCCCCCCCCCCC(=O)NC(COC1OC(CO)C(O)C(O)C1O)C(O)/C=C/CC/C=C/CCCCCCCCCCC.